The molecule has 2 rings (SSSR count). The fourth-order valence-corrected chi connectivity index (χ4v) is 3.42. The number of halogens is 1. The summed E-state index contributed by atoms with van der Waals surface area (Å²) in [5, 5.41) is 7.92. The van der Waals surface area contributed by atoms with E-state index < -0.39 is 0 Å². The van der Waals surface area contributed by atoms with Gasteiger partial charge >= 0.3 is 0 Å². The Bertz CT molecular complexity index is 652. The minimum atomic E-state index is 0. The topological polar surface area (TPSA) is 52.6 Å². The predicted octanol–water partition coefficient (Wildman–Crippen LogP) is 3.61. The second-order valence-electron chi connectivity index (χ2n) is 6.04. The lowest BCUT2D eigenvalue weighted by Crippen LogP contribution is -2.39. The van der Waals surface area contributed by atoms with Crippen molar-refractivity contribution in [3.63, 3.8) is 0 Å². The molecular weight excluding hydrogens is 457 g/mol. The Morgan fingerprint density at radius 1 is 1.15 bits per heavy atom. The molecule has 0 spiro atoms. The van der Waals surface area contributed by atoms with Crippen molar-refractivity contribution in [1.29, 1.82) is 0 Å². The van der Waals surface area contributed by atoms with Crippen molar-refractivity contribution in [3.8, 4) is 0 Å². The van der Waals surface area contributed by atoms with Gasteiger partial charge in [-0.2, -0.15) is 0 Å². The first-order valence-corrected chi connectivity index (χ1v) is 9.55. The highest BCUT2D eigenvalue weighted by molar-refractivity contribution is 14.0. The lowest BCUT2D eigenvalue weighted by atomic mass is 10.3. The van der Waals surface area contributed by atoms with Gasteiger partial charge in [-0.05, 0) is 32.4 Å². The van der Waals surface area contributed by atoms with E-state index in [2.05, 4.69) is 70.7 Å². The SMILES string of the molecule is CN=C(NCCCN(C)c1ccccc1)NCCc1nc(C)c(C)s1.I. The van der Waals surface area contributed by atoms with Gasteiger partial charge in [0, 0.05) is 50.7 Å². The van der Waals surface area contributed by atoms with E-state index in [9.17, 15) is 0 Å². The highest BCUT2D eigenvalue weighted by Crippen LogP contribution is 2.16. The summed E-state index contributed by atoms with van der Waals surface area (Å²) in [4.78, 5) is 12.4. The maximum absolute atomic E-state index is 4.57. The Labute approximate surface area is 178 Å². The molecule has 0 fully saturated rings. The molecule has 0 atom stereocenters. The summed E-state index contributed by atoms with van der Waals surface area (Å²) in [6.45, 7) is 6.93. The number of thiazole rings is 1. The monoisotopic (exact) mass is 487 g/mol. The zero-order valence-corrected chi connectivity index (χ0v) is 19.2. The number of hydrogen-bond acceptors (Lipinski definition) is 4. The van der Waals surface area contributed by atoms with E-state index >= 15 is 0 Å². The smallest absolute Gasteiger partial charge is 0.190 e. The molecule has 0 saturated carbocycles. The zero-order chi connectivity index (χ0) is 18.1. The summed E-state index contributed by atoms with van der Waals surface area (Å²) in [6, 6.07) is 10.5. The minimum Gasteiger partial charge on any atom is -0.375 e. The number of benzene rings is 1. The summed E-state index contributed by atoms with van der Waals surface area (Å²) in [7, 11) is 3.93. The lowest BCUT2D eigenvalue weighted by Gasteiger charge is -2.19. The van der Waals surface area contributed by atoms with Crippen LogP contribution in [0, 0.1) is 13.8 Å². The van der Waals surface area contributed by atoms with Crippen LogP contribution in [0.25, 0.3) is 0 Å². The van der Waals surface area contributed by atoms with Gasteiger partial charge in [-0.3, -0.25) is 4.99 Å². The Morgan fingerprint density at radius 3 is 2.46 bits per heavy atom. The van der Waals surface area contributed by atoms with Crippen LogP contribution < -0.4 is 15.5 Å². The van der Waals surface area contributed by atoms with Gasteiger partial charge in [-0.25, -0.2) is 4.98 Å². The first-order chi connectivity index (χ1) is 12.1. The third-order valence-electron chi connectivity index (χ3n) is 4.09. The molecule has 2 aromatic rings. The minimum absolute atomic E-state index is 0. The van der Waals surface area contributed by atoms with E-state index in [0.29, 0.717) is 0 Å². The number of nitrogens with zero attached hydrogens (tertiary/aromatic N) is 3. The molecule has 0 aliphatic carbocycles. The maximum Gasteiger partial charge on any atom is 0.190 e. The highest BCUT2D eigenvalue weighted by atomic mass is 127. The van der Waals surface area contributed by atoms with Crippen molar-refractivity contribution < 1.29 is 0 Å². The molecule has 0 unspecified atom stereocenters. The summed E-state index contributed by atoms with van der Waals surface area (Å²) in [6.07, 6.45) is 1.98. The number of anilines is 1. The van der Waals surface area contributed by atoms with Gasteiger partial charge in [0.15, 0.2) is 5.96 Å². The molecule has 2 N–H and O–H groups in total. The molecule has 1 aromatic carbocycles. The van der Waals surface area contributed by atoms with Gasteiger partial charge in [-0.1, -0.05) is 18.2 Å². The van der Waals surface area contributed by atoms with Crippen LogP contribution in [0.4, 0.5) is 5.69 Å². The van der Waals surface area contributed by atoms with Crippen molar-refractivity contribution in [2.45, 2.75) is 26.7 Å². The molecule has 0 aliphatic heterocycles. The second-order valence-corrected chi connectivity index (χ2v) is 7.32. The van der Waals surface area contributed by atoms with E-state index in [1.54, 1.807) is 11.3 Å². The first kappa shape index (κ1) is 22.7. The number of nitrogens with one attached hydrogen (secondary N) is 2. The highest BCUT2D eigenvalue weighted by Gasteiger charge is 2.04. The van der Waals surface area contributed by atoms with Crippen LogP contribution in [-0.2, 0) is 6.42 Å². The fraction of sp³-hybridized carbons (Fsp3) is 0.474. The van der Waals surface area contributed by atoms with Crippen LogP contribution in [0.5, 0.6) is 0 Å². The Morgan fingerprint density at radius 2 is 1.85 bits per heavy atom. The number of guanidine groups is 1. The number of aliphatic imine (C=N–C) groups is 1. The fourth-order valence-electron chi connectivity index (χ4n) is 2.49. The summed E-state index contributed by atoms with van der Waals surface area (Å²) in [5.41, 5.74) is 2.39. The molecule has 0 radical (unpaired) electrons. The van der Waals surface area contributed by atoms with Gasteiger partial charge in [0.2, 0.25) is 0 Å². The normalized spacial score (nSPS) is 11.0. The molecule has 26 heavy (non-hydrogen) atoms. The van der Waals surface area contributed by atoms with E-state index in [1.807, 2.05) is 13.1 Å². The number of rotatable bonds is 8. The third kappa shape index (κ3) is 7.49. The van der Waals surface area contributed by atoms with Crippen molar-refractivity contribution in [2.24, 2.45) is 4.99 Å². The van der Waals surface area contributed by atoms with Crippen molar-refractivity contribution >= 4 is 47.0 Å². The largest absolute Gasteiger partial charge is 0.375 e. The Kier molecular flexibility index (Phi) is 10.6. The van der Waals surface area contributed by atoms with E-state index in [4.69, 9.17) is 0 Å². The molecule has 7 heteroatoms. The van der Waals surface area contributed by atoms with Crippen LogP contribution >= 0.6 is 35.3 Å². The number of aromatic nitrogens is 1. The van der Waals surface area contributed by atoms with E-state index in [0.717, 1.165) is 44.1 Å². The van der Waals surface area contributed by atoms with E-state index in [1.165, 1.54) is 15.6 Å². The molecule has 0 bridgehead atoms. The predicted molar refractivity (Wildman–Crippen MR) is 124 cm³/mol. The number of hydrogen-bond donors (Lipinski definition) is 2. The summed E-state index contributed by atoms with van der Waals surface area (Å²) < 4.78 is 0. The molecule has 1 aromatic heterocycles. The van der Waals surface area contributed by atoms with Crippen LogP contribution in [-0.4, -0.2) is 44.7 Å². The standard InChI is InChI=1S/C19H29N5S.HI/c1-15-16(2)25-18(23-15)11-13-22-19(20-3)21-12-8-14-24(4)17-9-6-5-7-10-17;/h5-7,9-10H,8,11-14H2,1-4H3,(H2,20,21,22);1H. The Hall–Kier alpha value is -1.35. The molecule has 0 amide bonds. The Balaban J connectivity index is 0.00000338. The van der Waals surface area contributed by atoms with Gasteiger partial charge in [0.05, 0.1) is 10.7 Å². The van der Waals surface area contributed by atoms with Gasteiger partial charge in [-0.15, -0.1) is 35.3 Å². The molecule has 5 nitrogen and oxygen atoms in total. The first-order valence-electron chi connectivity index (χ1n) is 8.73. The maximum atomic E-state index is 4.57. The van der Waals surface area contributed by atoms with E-state index in [-0.39, 0.29) is 24.0 Å². The molecule has 0 saturated heterocycles. The van der Waals surface area contributed by atoms with Crippen LogP contribution in [0.15, 0.2) is 35.3 Å². The van der Waals surface area contributed by atoms with Crippen LogP contribution in [0.3, 0.4) is 0 Å². The summed E-state index contributed by atoms with van der Waals surface area (Å²) >= 11 is 1.78. The van der Waals surface area contributed by atoms with Crippen LogP contribution in [0.1, 0.15) is 22.0 Å². The average Bonchev–Trinajstić information content (AvgIpc) is 2.95. The van der Waals surface area contributed by atoms with Gasteiger partial charge in [0.25, 0.3) is 0 Å². The van der Waals surface area contributed by atoms with Crippen molar-refractivity contribution in [2.75, 3.05) is 38.6 Å². The quantitative estimate of drug-likeness (QED) is 0.259. The van der Waals surface area contributed by atoms with Crippen LogP contribution in [0.2, 0.25) is 0 Å². The number of aryl methyl sites for hydroxylation is 2. The van der Waals surface area contributed by atoms with Crippen molar-refractivity contribution in [3.05, 3.63) is 45.9 Å². The summed E-state index contributed by atoms with van der Waals surface area (Å²) in [5.74, 6) is 0.854. The average molecular weight is 487 g/mol. The third-order valence-corrected chi connectivity index (χ3v) is 5.22. The number of para-hydroxylation sites is 1. The molecule has 144 valence electrons. The molecular formula is C19H30IN5S. The lowest BCUT2D eigenvalue weighted by molar-refractivity contribution is 0.727. The van der Waals surface area contributed by atoms with Gasteiger partial charge in [0.1, 0.15) is 0 Å². The second kappa shape index (κ2) is 12.1. The molecule has 1 heterocycles. The van der Waals surface area contributed by atoms with Crippen molar-refractivity contribution in [1.82, 2.24) is 15.6 Å². The molecule has 0 aliphatic rings. The zero-order valence-electron chi connectivity index (χ0n) is 16.1. The van der Waals surface area contributed by atoms with Gasteiger partial charge < -0.3 is 15.5 Å².